The smallest absolute Gasteiger partial charge is 0.341 e. The largest absolute Gasteiger partial charge is 0.486 e. The minimum atomic E-state index is -1.46. The summed E-state index contributed by atoms with van der Waals surface area (Å²) in [6.07, 6.45) is 1.10. The maximum absolute atomic E-state index is 13.9. The Kier molecular flexibility index (Phi) is 2.65. The van der Waals surface area contributed by atoms with Gasteiger partial charge in [-0.25, -0.2) is 9.18 Å². The van der Waals surface area contributed by atoms with Gasteiger partial charge in [-0.15, -0.1) is 0 Å². The van der Waals surface area contributed by atoms with Crippen LogP contribution in [0.4, 0.5) is 14.5 Å². The third-order valence-corrected chi connectivity index (χ3v) is 3.52. The van der Waals surface area contributed by atoms with Crippen LogP contribution >= 0.6 is 0 Å². The minimum Gasteiger partial charge on any atom is -0.486 e. The Morgan fingerprint density at radius 1 is 1.48 bits per heavy atom. The summed E-state index contributed by atoms with van der Waals surface area (Å²) in [5, 5.41) is 8.70. The second-order valence-electron chi connectivity index (χ2n) is 4.84. The van der Waals surface area contributed by atoms with E-state index in [4.69, 9.17) is 15.6 Å². The number of aromatic carboxylic acids is 1. The zero-order valence-corrected chi connectivity index (χ0v) is 10.8. The van der Waals surface area contributed by atoms with Crippen molar-refractivity contribution in [2.24, 2.45) is 0 Å². The normalized spacial score (nSPS) is 16.8. The molecule has 6 nitrogen and oxygen atoms in total. The number of rotatable bonds is 1. The monoisotopic (exact) mass is 296 g/mol. The maximum atomic E-state index is 13.9. The van der Waals surface area contributed by atoms with E-state index in [0.29, 0.717) is 0 Å². The lowest BCUT2D eigenvalue weighted by molar-refractivity contribution is 0.0694. The van der Waals surface area contributed by atoms with Crippen molar-refractivity contribution in [3.05, 3.63) is 33.6 Å². The average Bonchev–Trinajstić information content (AvgIpc) is 2.43. The quantitative estimate of drug-likeness (QED) is 0.778. The molecule has 21 heavy (non-hydrogen) atoms. The van der Waals surface area contributed by atoms with Gasteiger partial charge in [0, 0.05) is 6.20 Å². The number of nitrogens with two attached hydrogens (primary N) is 1. The Morgan fingerprint density at radius 3 is 2.76 bits per heavy atom. The predicted molar refractivity (Wildman–Crippen MR) is 69.7 cm³/mol. The molecule has 1 aromatic carbocycles. The Hall–Kier alpha value is -2.64. The van der Waals surface area contributed by atoms with E-state index in [1.807, 2.05) is 0 Å². The Morgan fingerprint density at radius 2 is 2.14 bits per heavy atom. The van der Waals surface area contributed by atoms with Crippen LogP contribution in [0.25, 0.3) is 10.9 Å². The lowest BCUT2D eigenvalue weighted by Crippen LogP contribution is -2.28. The molecule has 2 heterocycles. The molecule has 1 aliphatic heterocycles. The Bertz CT molecular complexity index is 860. The number of anilines is 1. The standard InChI is InChI=1S/C13H10F2N2O4/c1-4-3-21-12-8(15)7(14)9(16)6-10(12)17(4)2-5(11(6)18)13(19)20/h2,4H,3,16H2,1H3,(H,19,20)/t4-/m0/s1. The van der Waals surface area contributed by atoms with E-state index in [1.54, 1.807) is 6.92 Å². The second-order valence-corrected chi connectivity index (χ2v) is 4.84. The zero-order chi connectivity index (χ0) is 15.5. The highest BCUT2D eigenvalue weighted by Crippen LogP contribution is 2.38. The number of aromatic nitrogens is 1. The summed E-state index contributed by atoms with van der Waals surface area (Å²) in [4.78, 5) is 23.3. The molecular formula is C13H10F2N2O4. The molecule has 1 atom stereocenters. The van der Waals surface area contributed by atoms with Crippen LogP contribution in [0.1, 0.15) is 23.3 Å². The second kappa shape index (κ2) is 4.18. The fourth-order valence-corrected chi connectivity index (χ4v) is 2.46. The van der Waals surface area contributed by atoms with Crippen LogP contribution in [0, 0.1) is 11.6 Å². The number of nitrogen functional groups attached to an aromatic ring is 1. The van der Waals surface area contributed by atoms with Crippen molar-refractivity contribution >= 4 is 22.6 Å². The van der Waals surface area contributed by atoms with Crippen molar-refractivity contribution in [3.8, 4) is 5.75 Å². The summed E-state index contributed by atoms with van der Waals surface area (Å²) in [5.74, 6) is -4.60. The molecule has 110 valence electrons. The number of nitrogens with zero attached hydrogens (tertiary/aromatic N) is 1. The predicted octanol–water partition coefficient (Wildman–Crippen LogP) is 1.51. The van der Waals surface area contributed by atoms with Crippen LogP contribution < -0.4 is 15.9 Å². The number of carboxylic acids is 1. The van der Waals surface area contributed by atoms with Gasteiger partial charge in [-0.3, -0.25) is 4.79 Å². The van der Waals surface area contributed by atoms with E-state index < -0.39 is 40.0 Å². The van der Waals surface area contributed by atoms with Crippen molar-refractivity contribution in [1.82, 2.24) is 4.57 Å². The Balaban J connectivity index is 2.64. The molecule has 0 bridgehead atoms. The van der Waals surface area contributed by atoms with Gasteiger partial charge in [0.2, 0.25) is 11.2 Å². The molecule has 0 fully saturated rings. The number of hydrogen-bond donors (Lipinski definition) is 2. The first-order chi connectivity index (χ1) is 9.84. The molecule has 1 aliphatic rings. The summed E-state index contributed by atoms with van der Waals surface area (Å²) in [7, 11) is 0. The third-order valence-electron chi connectivity index (χ3n) is 3.52. The molecule has 8 heteroatoms. The van der Waals surface area contributed by atoms with Gasteiger partial charge in [-0.05, 0) is 6.92 Å². The minimum absolute atomic E-state index is 0.0182. The fourth-order valence-electron chi connectivity index (χ4n) is 2.46. The lowest BCUT2D eigenvalue weighted by atomic mass is 10.1. The number of ether oxygens (including phenoxy) is 1. The molecule has 1 aromatic heterocycles. The van der Waals surface area contributed by atoms with Crippen LogP contribution in [0.3, 0.4) is 0 Å². The van der Waals surface area contributed by atoms with Gasteiger partial charge in [0.25, 0.3) is 0 Å². The van der Waals surface area contributed by atoms with Crippen molar-refractivity contribution in [1.29, 1.82) is 0 Å². The molecular weight excluding hydrogens is 286 g/mol. The van der Waals surface area contributed by atoms with Gasteiger partial charge in [-0.2, -0.15) is 4.39 Å². The van der Waals surface area contributed by atoms with E-state index >= 15 is 0 Å². The molecule has 3 N–H and O–H groups in total. The van der Waals surface area contributed by atoms with Gasteiger partial charge < -0.3 is 20.1 Å². The SMILES string of the molecule is C[C@H]1COc2c(F)c(F)c(N)c3c(=O)c(C(=O)O)cn1c23. The molecule has 2 aromatic rings. The van der Waals surface area contributed by atoms with Crippen LogP contribution in [0.15, 0.2) is 11.0 Å². The van der Waals surface area contributed by atoms with E-state index in [-0.39, 0.29) is 23.6 Å². The maximum Gasteiger partial charge on any atom is 0.341 e. The molecule has 0 radical (unpaired) electrons. The number of pyridine rings is 1. The van der Waals surface area contributed by atoms with Gasteiger partial charge in [0.05, 0.1) is 17.1 Å². The van der Waals surface area contributed by atoms with Crippen molar-refractivity contribution in [2.75, 3.05) is 12.3 Å². The zero-order valence-electron chi connectivity index (χ0n) is 10.8. The van der Waals surface area contributed by atoms with Crippen LogP contribution in [-0.4, -0.2) is 22.2 Å². The highest BCUT2D eigenvalue weighted by molar-refractivity contribution is 6.00. The molecule has 0 saturated carbocycles. The van der Waals surface area contributed by atoms with Crippen molar-refractivity contribution in [2.45, 2.75) is 13.0 Å². The summed E-state index contributed by atoms with van der Waals surface area (Å²) in [5.41, 5.74) is 3.21. The van der Waals surface area contributed by atoms with Crippen LogP contribution in [0.2, 0.25) is 0 Å². The number of hydrogen-bond acceptors (Lipinski definition) is 4. The van der Waals surface area contributed by atoms with Gasteiger partial charge >= 0.3 is 5.97 Å². The topological polar surface area (TPSA) is 94.6 Å². The number of benzene rings is 1. The van der Waals surface area contributed by atoms with E-state index in [1.165, 1.54) is 4.57 Å². The summed E-state index contributed by atoms with van der Waals surface area (Å²) in [6, 6.07) is -0.358. The highest BCUT2D eigenvalue weighted by atomic mass is 19.2. The van der Waals surface area contributed by atoms with Crippen molar-refractivity contribution < 1.29 is 23.4 Å². The van der Waals surface area contributed by atoms with E-state index in [2.05, 4.69) is 0 Å². The third kappa shape index (κ3) is 1.61. The molecule has 3 rings (SSSR count). The first-order valence-corrected chi connectivity index (χ1v) is 6.06. The van der Waals surface area contributed by atoms with E-state index in [9.17, 15) is 18.4 Å². The van der Waals surface area contributed by atoms with Gasteiger partial charge in [0.1, 0.15) is 17.7 Å². The Labute approximate surface area is 116 Å². The summed E-state index contributed by atoms with van der Waals surface area (Å²) >= 11 is 0. The summed E-state index contributed by atoms with van der Waals surface area (Å²) < 4.78 is 34.2. The summed E-state index contributed by atoms with van der Waals surface area (Å²) in [6.45, 7) is 1.71. The van der Waals surface area contributed by atoms with Crippen LogP contribution in [0.5, 0.6) is 5.75 Å². The van der Waals surface area contributed by atoms with E-state index in [0.717, 1.165) is 6.20 Å². The number of halogens is 2. The highest BCUT2D eigenvalue weighted by Gasteiger charge is 2.30. The molecule has 0 unspecified atom stereocenters. The first-order valence-electron chi connectivity index (χ1n) is 6.06. The number of carbonyl (C=O) groups is 1. The molecule has 0 saturated heterocycles. The number of carboxylic acid groups (broad SMARTS) is 1. The lowest BCUT2D eigenvalue weighted by Gasteiger charge is -2.27. The van der Waals surface area contributed by atoms with Crippen LogP contribution in [-0.2, 0) is 0 Å². The fraction of sp³-hybridized carbons (Fsp3) is 0.231. The average molecular weight is 296 g/mol. The molecule has 0 spiro atoms. The van der Waals surface area contributed by atoms with Gasteiger partial charge in [-0.1, -0.05) is 0 Å². The van der Waals surface area contributed by atoms with Crippen molar-refractivity contribution in [3.63, 3.8) is 0 Å². The molecule has 0 amide bonds. The molecule has 0 aliphatic carbocycles. The first kappa shape index (κ1) is 13.3. The van der Waals surface area contributed by atoms with Gasteiger partial charge in [0.15, 0.2) is 11.6 Å².